The van der Waals surface area contributed by atoms with Crippen LogP contribution >= 0.6 is 23.3 Å². The number of nitrogens with zero attached hydrogens (tertiary/aromatic N) is 5. The molecule has 9 heteroatoms. The highest BCUT2D eigenvalue weighted by Crippen LogP contribution is 2.25. The molecule has 2 heterocycles. The molecule has 0 spiro atoms. The normalized spacial score (nSPS) is 11.7. The Morgan fingerprint density at radius 3 is 3.00 bits per heavy atom. The molecule has 0 bridgehead atoms. The molecular formula is C8H8N6OS2. The summed E-state index contributed by atoms with van der Waals surface area (Å²) in [5, 5.41) is 12.0. The summed E-state index contributed by atoms with van der Waals surface area (Å²) in [5.41, 5.74) is 6.59. The number of aryl methyl sites for hydroxylation is 1. The first-order valence-electron chi connectivity index (χ1n) is 4.47. The maximum atomic E-state index is 8.60. The van der Waals surface area contributed by atoms with Gasteiger partial charge in [0, 0.05) is 5.69 Å². The number of amidine groups is 1. The molecule has 3 N–H and O–H groups in total. The average molecular weight is 268 g/mol. The Morgan fingerprint density at radius 2 is 2.35 bits per heavy atom. The minimum atomic E-state index is -0.0467. The number of aromatic nitrogens is 4. The van der Waals surface area contributed by atoms with Gasteiger partial charge in [0.1, 0.15) is 12.0 Å². The van der Waals surface area contributed by atoms with E-state index in [0.717, 1.165) is 10.0 Å². The highest BCUT2D eigenvalue weighted by molar-refractivity contribution is 8.00. The Morgan fingerprint density at radius 1 is 1.53 bits per heavy atom. The molecule has 0 aliphatic carbocycles. The lowest BCUT2D eigenvalue weighted by molar-refractivity contribution is 0.318. The van der Waals surface area contributed by atoms with E-state index in [0.29, 0.717) is 10.9 Å². The van der Waals surface area contributed by atoms with E-state index in [1.54, 1.807) is 13.0 Å². The number of rotatable bonds is 3. The molecule has 0 fully saturated rings. The Balaban J connectivity index is 2.32. The number of nitrogens with two attached hydrogens (primary N) is 1. The summed E-state index contributed by atoms with van der Waals surface area (Å²) in [6.45, 7) is 1.81. The molecule has 0 unspecified atom stereocenters. The third kappa shape index (κ3) is 2.88. The molecule has 0 saturated heterocycles. The van der Waals surface area contributed by atoms with Crippen molar-refractivity contribution in [1.29, 1.82) is 0 Å². The van der Waals surface area contributed by atoms with Crippen LogP contribution in [0.25, 0.3) is 0 Å². The van der Waals surface area contributed by atoms with Gasteiger partial charge in [-0.3, -0.25) is 0 Å². The maximum absolute atomic E-state index is 8.60. The van der Waals surface area contributed by atoms with Crippen LogP contribution in [0.4, 0.5) is 0 Å². The van der Waals surface area contributed by atoms with E-state index in [1.807, 2.05) is 0 Å². The van der Waals surface area contributed by atoms with E-state index >= 15 is 0 Å². The zero-order chi connectivity index (χ0) is 12.3. The molecule has 0 aliphatic rings. The van der Waals surface area contributed by atoms with Gasteiger partial charge in [-0.15, -0.1) is 0 Å². The third-order valence-corrected chi connectivity index (χ3v) is 3.30. The minimum absolute atomic E-state index is 0.0467. The topological polar surface area (TPSA) is 110 Å². The zero-order valence-electron chi connectivity index (χ0n) is 8.73. The van der Waals surface area contributed by atoms with Crippen molar-refractivity contribution in [1.82, 2.24) is 19.3 Å². The van der Waals surface area contributed by atoms with Crippen molar-refractivity contribution in [2.24, 2.45) is 10.9 Å². The second-order valence-corrected chi connectivity index (χ2v) is 4.97. The fourth-order valence-corrected chi connectivity index (χ4v) is 2.43. The van der Waals surface area contributed by atoms with E-state index in [2.05, 4.69) is 24.5 Å². The number of hydrogen-bond donors (Lipinski definition) is 2. The van der Waals surface area contributed by atoms with Crippen molar-refractivity contribution in [3.63, 3.8) is 0 Å². The second kappa shape index (κ2) is 5.06. The van der Waals surface area contributed by atoms with Gasteiger partial charge in [-0.05, 0) is 36.3 Å². The molecule has 88 valence electrons. The Bertz CT molecular complexity index is 541. The van der Waals surface area contributed by atoms with Crippen molar-refractivity contribution < 1.29 is 5.21 Å². The summed E-state index contributed by atoms with van der Waals surface area (Å²) in [4.78, 5) is 12.4. The van der Waals surface area contributed by atoms with Crippen LogP contribution in [-0.4, -0.2) is 30.4 Å². The van der Waals surface area contributed by atoms with Crippen LogP contribution in [0.1, 0.15) is 11.4 Å². The maximum Gasteiger partial charge on any atom is 0.195 e. The van der Waals surface area contributed by atoms with Gasteiger partial charge in [0.05, 0.1) is 0 Å². The zero-order valence-corrected chi connectivity index (χ0v) is 10.4. The van der Waals surface area contributed by atoms with Crippen LogP contribution in [0, 0.1) is 6.92 Å². The smallest absolute Gasteiger partial charge is 0.195 e. The van der Waals surface area contributed by atoms with Crippen LogP contribution in [-0.2, 0) is 0 Å². The summed E-state index contributed by atoms with van der Waals surface area (Å²) >= 11 is 2.54. The molecule has 2 rings (SSSR count). The summed E-state index contributed by atoms with van der Waals surface area (Å²) < 4.78 is 4.62. The first kappa shape index (κ1) is 11.7. The second-order valence-electron chi connectivity index (χ2n) is 2.97. The molecule has 2 aromatic rings. The van der Waals surface area contributed by atoms with Crippen LogP contribution in [0.15, 0.2) is 27.0 Å². The van der Waals surface area contributed by atoms with Gasteiger partial charge in [-0.1, -0.05) is 5.16 Å². The van der Waals surface area contributed by atoms with E-state index in [4.69, 9.17) is 10.9 Å². The van der Waals surface area contributed by atoms with E-state index in [-0.39, 0.29) is 5.84 Å². The fraction of sp³-hybridized carbons (Fsp3) is 0.125. The van der Waals surface area contributed by atoms with Crippen molar-refractivity contribution in [2.45, 2.75) is 16.4 Å². The molecule has 7 nitrogen and oxygen atoms in total. The molecule has 2 aromatic heterocycles. The minimum Gasteiger partial charge on any atom is -0.409 e. The molecular weight excluding hydrogens is 260 g/mol. The number of oxime groups is 1. The monoisotopic (exact) mass is 268 g/mol. The Hall–Kier alpha value is -1.74. The molecule has 0 atom stereocenters. The van der Waals surface area contributed by atoms with Crippen molar-refractivity contribution >= 4 is 29.1 Å². The van der Waals surface area contributed by atoms with Crippen molar-refractivity contribution in [2.75, 3.05) is 0 Å². The van der Waals surface area contributed by atoms with Gasteiger partial charge in [-0.2, -0.15) is 4.37 Å². The summed E-state index contributed by atoms with van der Waals surface area (Å²) in [5.74, 6) is -0.0467. The molecule has 0 radical (unpaired) electrons. The predicted molar refractivity (Wildman–Crippen MR) is 63.3 cm³/mol. The van der Waals surface area contributed by atoms with Crippen LogP contribution in [0.2, 0.25) is 0 Å². The highest BCUT2D eigenvalue weighted by Gasteiger charge is 2.09. The van der Waals surface area contributed by atoms with Gasteiger partial charge in [0.15, 0.2) is 15.3 Å². The standard InChI is InChI=1S/C8H8N6OS2/c1-4-2-5(6(9)14-15)13-7(12-4)16-8-10-3-11-17-8/h2-3,15H,1H3,(H2,9,14). The summed E-state index contributed by atoms with van der Waals surface area (Å²) in [6, 6.07) is 1.64. The van der Waals surface area contributed by atoms with Gasteiger partial charge < -0.3 is 10.9 Å². The van der Waals surface area contributed by atoms with Crippen molar-refractivity contribution in [3.05, 3.63) is 23.8 Å². The first-order chi connectivity index (χ1) is 8.19. The lowest BCUT2D eigenvalue weighted by Crippen LogP contribution is -2.16. The lowest BCUT2D eigenvalue weighted by atomic mass is 10.3. The van der Waals surface area contributed by atoms with Gasteiger partial charge in [0.2, 0.25) is 0 Å². The third-order valence-electron chi connectivity index (χ3n) is 1.72. The molecule has 0 saturated carbocycles. The largest absolute Gasteiger partial charge is 0.409 e. The Labute approximate surface area is 105 Å². The lowest BCUT2D eigenvalue weighted by Gasteiger charge is -2.02. The predicted octanol–water partition coefficient (Wildman–Crippen LogP) is 0.882. The van der Waals surface area contributed by atoms with Crippen LogP contribution in [0.3, 0.4) is 0 Å². The number of hydrogen-bond acceptors (Lipinski definition) is 8. The van der Waals surface area contributed by atoms with Gasteiger partial charge in [-0.25, -0.2) is 15.0 Å². The van der Waals surface area contributed by atoms with E-state index in [9.17, 15) is 0 Å². The van der Waals surface area contributed by atoms with Crippen LogP contribution in [0.5, 0.6) is 0 Å². The van der Waals surface area contributed by atoms with E-state index < -0.39 is 0 Å². The molecule has 17 heavy (non-hydrogen) atoms. The fourth-order valence-electron chi connectivity index (χ4n) is 1.06. The van der Waals surface area contributed by atoms with E-state index in [1.165, 1.54) is 29.6 Å². The van der Waals surface area contributed by atoms with Gasteiger partial charge >= 0.3 is 0 Å². The summed E-state index contributed by atoms with van der Waals surface area (Å²) in [6.07, 6.45) is 1.47. The molecule has 0 amide bonds. The van der Waals surface area contributed by atoms with Crippen molar-refractivity contribution in [3.8, 4) is 0 Å². The Kier molecular flexibility index (Phi) is 3.49. The quantitative estimate of drug-likeness (QED) is 0.279. The SMILES string of the molecule is Cc1cc(/C(N)=N/O)nc(Sc2ncns2)n1. The molecule has 0 aliphatic heterocycles. The van der Waals surface area contributed by atoms with Gasteiger partial charge in [0.25, 0.3) is 0 Å². The molecule has 0 aromatic carbocycles. The highest BCUT2D eigenvalue weighted by atomic mass is 32.2. The first-order valence-corrected chi connectivity index (χ1v) is 6.06. The average Bonchev–Trinajstić information content (AvgIpc) is 2.80. The van der Waals surface area contributed by atoms with Crippen LogP contribution < -0.4 is 5.73 Å². The summed E-state index contributed by atoms with van der Waals surface area (Å²) in [7, 11) is 0.